The van der Waals surface area contributed by atoms with E-state index in [9.17, 15) is 8.42 Å². The Morgan fingerprint density at radius 2 is 2.26 bits per heavy atom. The molecule has 6 nitrogen and oxygen atoms in total. The van der Waals surface area contributed by atoms with Crippen LogP contribution in [-0.4, -0.2) is 37.3 Å². The van der Waals surface area contributed by atoms with E-state index in [-0.39, 0.29) is 0 Å². The van der Waals surface area contributed by atoms with E-state index in [0.29, 0.717) is 32.6 Å². The molecule has 0 radical (unpaired) electrons. The number of hydrogen-bond acceptors (Lipinski definition) is 4. The third-order valence-electron chi connectivity index (χ3n) is 2.57. The quantitative estimate of drug-likeness (QED) is 0.691. The highest BCUT2D eigenvalue weighted by atomic mass is 32.2. The fourth-order valence-corrected chi connectivity index (χ4v) is 2.90. The molecule has 1 aromatic heterocycles. The van der Waals surface area contributed by atoms with Crippen LogP contribution in [0.2, 0.25) is 0 Å². The van der Waals surface area contributed by atoms with Gasteiger partial charge in [0.1, 0.15) is 0 Å². The Kier molecular flexibility index (Phi) is 6.93. The average molecular weight is 286 g/mol. The van der Waals surface area contributed by atoms with Crippen molar-refractivity contribution < 1.29 is 8.42 Å². The lowest BCUT2D eigenvalue weighted by Crippen LogP contribution is -2.41. The smallest absolute Gasteiger partial charge is 0.279 e. The van der Waals surface area contributed by atoms with Gasteiger partial charge < -0.3 is 5.73 Å². The van der Waals surface area contributed by atoms with Gasteiger partial charge in [-0.1, -0.05) is 13.0 Å². The molecule has 0 amide bonds. The topological polar surface area (TPSA) is 88.3 Å². The molecule has 0 atom stereocenters. The monoisotopic (exact) mass is 286 g/mol. The SMILES string of the molecule is CCCNS(=O)(=O)N(CCCN)Cc1cccnc1. The molecule has 0 saturated heterocycles. The van der Waals surface area contributed by atoms with Gasteiger partial charge in [0.15, 0.2) is 0 Å². The van der Waals surface area contributed by atoms with Gasteiger partial charge in [-0.2, -0.15) is 12.7 Å². The third-order valence-corrected chi connectivity index (χ3v) is 4.13. The van der Waals surface area contributed by atoms with Gasteiger partial charge in [0.2, 0.25) is 0 Å². The summed E-state index contributed by atoms with van der Waals surface area (Å²) in [6, 6.07) is 3.65. The first-order chi connectivity index (χ1) is 9.10. The lowest BCUT2D eigenvalue weighted by molar-refractivity contribution is 0.393. The van der Waals surface area contributed by atoms with Crippen molar-refractivity contribution in [3.8, 4) is 0 Å². The van der Waals surface area contributed by atoms with Crippen molar-refractivity contribution in [1.29, 1.82) is 0 Å². The van der Waals surface area contributed by atoms with E-state index in [1.807, 2.05) is 13.0 Å². The zero-order chi connectivity index (χ0) is 14.1. The van der Waals surface area contributed by atoms with E-state index >= 15 is 0 Å². The molecule has 0 bridgehead atoms. The van der Waals surface area contributed by atoms with Gasteiger partial charge >= 0.3 is 0 Å². The van der Waals surface area contributed by atoms with E-state index in [1.165, 1.54) is 4.31 Å². The fraction of sp³-hybridized carbons (Fsp3) is 0.583. The molecule has 3 N–H and O–H groups in total. The van der Waals surface area contributed by atoms with Crippen LogP contribution in [0.15, 0.2) is 24.5 Å². The number of pyridine rings is 1. The lowest BCUT2D eigenvalue weighted by atomic mass is 10.3. The van der Waals surface area contributed by atoms with Crippen molar-refractivity contribution in [1.82, 2.24) is 14.0 Å². The maximum Gasteiger partial charge on any atom is 0.279 e. The van der Waals surface area contributed by atoms with Crippen LogP contribution >= 0.6 is 0 Å². The predicted octanol–water partition coefficient (Wildman–Crippen LogP) is 0.477. The molecule has 19 heavy (non-hydrogen) atoms. The molecule has 0 fully saturated rings. The van der Waals surface area contributed by atoms with Crippen LogP contribution in [0.4, 0.5) is 0 Å². The van der Waals surface area contributed by atoms with Gasteiger partial charge in [-0.05, 0) is 31.0 Å². The number of nitrogens with two attached hydrogens (primary N) is 1. The summed E-state index contributed by atoms with van der Waals surface area (Å²) in [5.41, 5.74) is 6.32. The van der Waals surface area contributed by atoms with Crippen molar-refractivity contribution >= 4 is 10.2 Å². The standard InChI is InChI=1S/C12H22N4O2S/c1-2-7-15-19(17,18)16(9-4-6-13)11-12-5-3-8-14-10-12/h3,5,8,10,15H,2,4,6-7,9,11,13H2,1H3. The van der Waals surface area contributed by atoms with Gasteiger partial charge in [-0.15, -0.1) is 0 Å². The zero-order valence-electron chi connectivity index (χ0n) is 11.2. The van der Waals surface area contributed by atoms with Gasteiger partial charge in [-0.3, -0.25) is 4.98 Å². The Balaban J connectivity index is 2.76. The highest BCUT2D eigenvalue weighted by Crippen LogP contribution is 2.08. The number of nitrogens with one attached hydrogen (secondary N) is 1. The molecular weight excluding hydrogens is 264 g/mol. The summed E-state index contributed by atoms with van der Waals surface area (Å²) in [5, 5.41) is 0. The number of hydrogen-bond donors (Lipinski definition) is 2. The van der Waals surface area contributed by atoms with Crippen LogP contribution < -0.4 is 10.5 Å². The second kappa shape index (κ2) is 8.21. The Morgan fingerprint density at radius 1 is 1.47 bits per heavy atom. The first-order valence-electron chi connectivity index (χ1n) is 6.44. The van der Waals surface area contributed by atoms with Crippen LogP contribution in [0.25, 0.3) is 0 Å². The van der Waals surface area contributed by atoms with E-state index < -0.39 is 10.2 Å². The summed E-state index contributed by atoms with van der Waals surface area (Å²) < 4.78 is 28.3. The molecule has 1 heterocycles. The van der Waals surface area contributed by atoms with E-state index in [2.05, 4.69) is 9.71 Å². The molecular formula is C12H22N4O2S. The second-order valence-corrected chi connectivity index (χ2v) is 5.99. The first kappa shape index (κ1) is 16.0. The van der Waals surface area contributed by atoms with Crippen LogP contribution in [0.3, 0.4) is 0 Å². The zero-order valence-corrected chi connectivity index (χ0v) is 12.1. The largest absolute Gasteiger partial charge is 0.330 e. The number of rotatable bonds is 9. The molecule has 0 unspecified atom stereocenters. The minimum atomic E-state index is -3.45. The Morgan fingerprint density at radius 3 is 2.84 bits per heavy atom. The van der Waals surface area contributed by atoms with Crippen LogP contribution in [0.5, 0.6) is 0 Å². The van der Waals surface area contributed by atoms with Crippen LogP contribution in [0.1, 0.15) is 25.3 Å². The molecule has 0 aromatic carbocycles. The summed E-state index contributed by atoms with van der Waals surface area (Å²) in [4.78, 5) is 4.00. The molecule has 1 rings (SSSR count). The maximum absolute atomic E-state index is 12.2. The van der Waals surface area contributed by atoms with Crippen LogP contribution in [-0.2, 0) is 16.8 Å². The molecule has 0 saturated carbocycles. The molecule has 1 aromatic rings. The molecule has 0 aliphatic carbocycles. The minimum absolute atomic E-state index is 0.312. The summed E-state index contributed by atoms with van der Waals surface area (Å²) in [6.07, 6.45) is 4.73. The van der Waals surface area contributed by atoms with Crippen molar-refractivity contribution in [2.75, 3.05) is 19.6 Å². The van der Waals surface area contributed by atoms with Gasteiger partial charge in [0.05, 0.1) is 0 Å². The van der Waals surface area contributed by atoms with Gasteiger partial charge in [-0.25, -0.2) is 4.72 Å². The van der Waals surface area contributed by atoms with Gasteiger partial charge in [0, 0.05) is 32.0 Å². The Hall–Kier alpha value is -1.02. The number of nitrogens with zero attached hydrogens (tertiary/aromatic N) is 2. The van der Waals surface area contributed by atoms with E-state index in [4.69, 9.17) is 5.73 Å². The van der Waals surface area contributed by atoms with Crippen molar-refractivity contribution in [3.05, 3.63) is 30.1 Å². The van der Waals surface area contributed by atoms with Crippen molar-refractivity contribution in [2.24, 2.45) is 5.73 Å². The molecule has 0 aliphatic heterocycles. The highest BCUT2D eigenvalue weighted by molar-refractivity contribution is 7.87. The molecule has 0 aliphatic rings. The molecule has 7 heteroatoms. The Bertz CT molecular complexity index is 450. The summed E-state index contributed by atoms with van der Waals surface area (Å²) in [5.74, 6) is 0. The van der Waals surface area contributed by atoms with Crippen molar-refractivity contribution in [2.45, 2.75) is 26.3 Å². The fourth-order valence-electron chi connectivity index (χ4n) is 1.57. The summed E-state index contributed by atoms with van der Waals surface area (Å²) >= 11 is 0. The van der Waals surface area contributed by atoms with Gasteiger partial charge in [0.25, 0.3) is 10.2 Å². The average Bonchev–Trinajstić information content (AvgIpc) is 2.42. The maximum atomic E-state index is 12.2. The lowest BCUT2D eigenvalue weighted by Gasteiger charge is -2.22. The Labute approximate surface area is 115 Å². The molecule has 0 spiro atoms. The first-order valence-corrected chi connectivity index (χ1v) is 7.88. The third kappa shape index (κ3) is 5.65. The van der Waals surface area contributed by atoms with Crippen LogP contribution in [0, 0.1) is 0 Å². The van der Waals surface area contributed by atoms with Crippen molar-refractivity contribution in [3.63, 3.8) is 0 Å². The number of aromatic nitrogens is 1. The summed E-state index contributed by atoms with van der Waals surface area (Å²) in [6.45, 7) is 3.55. The normalized spacial score (nSPS) is 11.9. The van der Waals surface area contributed by atoms with E-state index in [1.54, 1.807) is 18.5 Å². The summed E-state index contributed by atoms with van der Waals surface area (Å²) in [7, 11) is -3.45. The highest BCUT2D eigenvalue weighted by Gasteiger charge is 2.20. The van der Waals surface area contributed by atoms with E-state index in [0.717, 1.165) is 12.0 Å². The molecule has 108 valence electrons. The second-order valence-electron chi connectivity index (χ2n) is 4.24. The predicted molar refractivity (Wildman–Crippen MR) is 75.5 cm³/mol. The minimum Gasteiger partial charge on any atom is -0.330 e.